The Labute approximate surface area is 139 Å². The number of furan rings is 1. The van der Waals surface area contributed by atoms with E-state index in [1.807, 2.05) is 19.1 Å². The van der Waals surface area contributed by atoms with E-state index in [1.54, 1.807) is 12.0 Å². The van der Waals surface area contributed by atoms with Gasteiger partial charge in [-0.15, -0.1) is 0 Å². The van der Waals surface area contributed by atoms with Gasteiger partial charge in [-0.25, -0.2) is 4.79 Å². The van der Waals surface area contributed by atoms with Gasteiger partial charge in [0, 0.05) is 31.5 Å². The van der Waals surface area contributed by atoms with Crippen LogP contribution in [0, 0.1) is 17.0 Å². The summed E-state index contributed by atoms with van der Waals surface area (Å²) < 4.78 is 10.5. The zero-order valence-corrected chi connectivity index (χ0v) is 13.5. The lowest BCUT2D eigenvalue weighted by atomic mass is 10.3. The fourth-order valence-corrected chi connectivity index (χ4v) is 2.08. The first kappa shape index (κ1) is 17.5. The number of anilines is 1. The fraction of sp³-hybridized carbons (Fsp3) is 0.312. The molecule has 0 atom stereocenters. The van der Waals surface area contributed by atoms with Crippen molar-refractivity contribution in [3.63, 3.8) is 0 Å². The zero-order valence-electron chi connectivity index (χ0n) is 13.5. The van der Waals surface area contributed by atoms with Crippen molar-refractivity contribution in [2.75, 3.05) is 25.6 Å². The van der Waals surface area contributed by atoms with Gasteiger partial charge in [0.15, 0.2) is 0 Å². The number of urea groups is 1. The van der Waals surface area contributed by atoms with E-state index in [0.717, 1.165) is 5.76 Å². The lowest BCUT2D eigenvalue weighted by Crippen LogP contribution is -2.36. The van der Waals surface area contributed by atoms with Crippen molar-refractivity contribution >= 4 is 17.4 Å². The van der Waals surface area contributed by atoms with E-state index in [0.29, 0.717) is 31.1 Å². The van der Waals surface area contributed by atoms with Crippen LogP contribution in [-0.2, 0) is 11.3 Å². The number of hydrogen-bond donors (Lipinski definition) is 1. The highest BCUT2D eigenvalue weighted by atomic mass is 16.6. The van der Waals surface area contributed by atoms with Crippen molar-refractivity contribution < 1.29 is 18.9 Å². The van der Waals surface area contributed by atoms with E-state index in [-0.39, 0.29) is 11.7 Å². The highest BCUT2D eigenvalue weighted by molar-refractivity contribution is 5.89. The van der Waals surface area contributed by atoms with E-state index in [2.05, 4.69) is 5.32 Å². The van der Waals surface area contributed by atoms with Crippen molar-refractivity contribution in [1.82, 2.24) is 4.90 Å². The molecule has 8 nitrogen and oxygen atoms in total. The minimum absolute atomic E-state index is 0.0321. The van der Waals surface area contributed by atoms with Gasteiger partial charge in [0.2, 0.25) is 0 Å². The van der Waals surface area contributed by atoms with Crippen molar-refractivity contribution in [1.29, 1.82) is 0 Å². The van der Waals surface area contributed by atoms with Gasteiger partial charge in [0.05, 0.1) is 18.1 Å². The van der Waals surface area contributed by atoms with Gasteiger partial charge in [-0.3, -0.25) is 10.1 Å². The highest BCUT2D eigenvalue weighted by Crippen LogP contribution is 2.16. The lowest BCUT2D eigenvalue weighted by molar-refractivity contribution is -0.384. The second-order valence-corrected chi connectivity index (χ2v) is 5.16. The maximum Gasteiger partial charge on any atom is 0.322 e. The minimum Gasteiger partial charge on any atom is -0.464 e. The number of aryl methyl sites for hydroxylation is 1. The first-order valence-electron chi connectivity index (χ1n) is 7.34. The van der Waals surface area contributed by atoms with Gasteiger partial charge in [-0.2, -0.15) is 0 Å². The van der Waals surface area contributed by atoms with Crippen LogP contribution in [-0.4, -0.2) is 36.1 Å². The number of benzene rings is 1. The maximum atomic E-state index is 12.4. The molecule has 128 valence electrons. The zero-order chi connectivity index (χ0) is 17.5. The monoisotopic (exact) mass is 333 g/mol. The molecule has 0 unspecified atom stereocenters. The number of nitrogens with zero attached hydrogens (tertiary/aromatic N) is 2. The largest absolute Gasteiger partial charge is 0.464 e. The number of nitro groups is 1. The summed E-state index contributed by atoms with van der Waals surface area (Å²) in [5.74, 6) is 1.44. The summed E-state index contributed by atoms with van der Waals surface area (Å²) in [5, 5.41) is 13.4. The lowest BCUT2D eigenvalue weighted by Gasteiger charge is -2.21. The summed E-state index contributed by atoms with van der Waals surface area (Å²) in [6.07, 6.45) is 0. The molecule has 0 aliphatic carbocycles. The number of nitrogens with one attached hydrogen (secondary N) is 1. The van der Waals surface area contributed by atoms with Gasteiger partial charge in [0.1, 0.15) is 11.5 Å². The van der Waals surface area contributed by atoms with Crippen LogP contribution in [0.4, 0.5) is 16.2 Å². The number of non-ortho nitro benzene ring substituents is 1. The molecular weight excluding hydrogens is 314 g/mol. The summed E-state index contributed by atoms with van der Waals surface area (Å²) in [6.45, 7) is 2.90. The molecule has 0 saturated heterocycles. The Kier molecular flexibility index (Phi) is 5.91. The number of amides is 2. The average Bonchev–Trinajstić information content (AvgIpc) is 2.97. The second kappa shape index (κ2) is 8.11. The van der Waals surface area contributed by atoms with Crippen LogP contribution in [0.25, 0.3) is 0 Å². The summed E-state index contributed by atoms with van der Waals surface area (Å²) >= 11 is 0. The summed E-state index contributed by atoms with van der Waals surface area (Å²) in [5.41, 5.74) is 0.443. The molecule has 0 aliphatic rings. The molecule has 0 saturated carbocycles. The molecule has 1 aromatic carbocycles. The molecule has 2 rings (SSSR count). The Morgan fingerprint density at radius 2 is 2.00 bits per heavy atom. The summed E-state index contributed by atoms with van der Waals surface area (Å²) in [4.78, 5) is 24.1. The van der Waals surface area contributed by atoms with E-state index >= 15 is 0 Å². The van der Waals surface area contributed by atoms with E-state index in [1.165, 1.54) is 24.3 Å². The third kappa shape index (κ3) is 4.82. The van der Waals surface area contributed by atoms with E-state index in [4.69, 9.17) is 9.15 Å². The van der Waals surface area contributed by atoms with Gasteiger partial charge in [-0.1, -0.05) is 0 Å². The number of carbonyl (C=O) groups is 1. The second-order valence-electron chi connectivity index (χ2n) is 5.16. The molecule has 0 aliphatic heterocycles. The maximum absolute atomic E-state index is 12.4. The Morgan fingerprint density at radius 3 is 2.54 bits per heavy atom. The smallest absolute Gasteiger partial charge is 0.322 e. The van der Waals surface area contributed by atoms with Crippen LogP contribution < -0.4 is 5.32 Å². The predicted octanol–water partition coefficient (Wildman–Crippen LogP) is 3.18. The SMILES string of the molecule is COCCN(Cc1ccc(C)o1)C(=O)Nc1ccc([N+](=O)[O-])cc1. The number of hydrogen-bond acceptors (Lipinski definition) is 5. The normalized spacial score (nSPS) is 10.4. The van der Waals surface area contributed by atoms with E-state index in [9.17, 15) is 14.9 Å². The molecule has 1 heterocycles. The molecule has 1 aromatic heterocycles. The van der Waals surface area contributed by atoms with Crippen LogP contribution in [0.1, 0.15) is 11.5 Å². The molecule has 0 radical (unpaired) electrons. The molecule has 0 bridgehead atoms. The number of ether oxygens (including phenoxy) is 1. The topological polar surface area (TPSA) is 97.8 Å². The number of rotatable bonds is 7. The molecule has 0 fully saturated rings. The average molecular weight is 333 g/mol. The van der Waals surface area contributed by atoms with Gasteiger partial charge >= 0.3 is 6.03 Å². The van der Waals surface area contributed by atoms with Crippen molar-refractivity contribution in [3.05, 3.63) is 58.0 Å². The molecule has 2 aromatic rings. The number of nitro benzene ring substituents is 1. The molecule has 0 spiro atoms. The Hall–Kier alpha value is -2.87. The standard InChI is InChI=1S/C16H19N3O5/c1-12-3-8-15(24-12)11-18(9-10-23-2)16(20)17-13-4-6-14(7-5-13)19(21)22/h3-8H,9-11H2,1-2H3,(H,17,20). The highest BCUT2D eigenvalue weighted by Gasteiger charge is 2.16. The van der Waals surface area contributed by atoms with Crippen LogP contribution >= 0.6 is 0 Å². The first-order chi connectivity index (χ1) is 11.5. The molecule has 24 heavy (non-hydrogen) atoms. The van der Waals surface area contributed by atoms with Crippen LogP contribution in [0.2, 0.25) is 0 Å². The third-order valence-electron chi connectivity index (χ3n) is 3.32. The Bertz CT molecular complexity index is 696. The van der Waals surface area contributed by atoms with Gasteiger partial charge in [-0.05, 0) is 31.2 Å². The summed E-state index contributed by atoms with van der Waals surface area (Å²) in [6, 6.07) is 8.96. The minimum atomic E-state index is -0.490. The number of methoxy groups -OCH3 is 1. The molecule has 1 N–H and O–H groups in total. The Balaban J connectivity index is 2.04. The van der Waals surface area contributed by atoms with Gasteiger partial charge < -0.3 is 19.4 Å². The predicted molar refractivity (Wildman–Crippen MR) is 87.8 cm³/mol. The first-order valence-corrected chi connectivity index (χ1v) is 7.34. The quantitative estimate of drug-likeness (QED) is 0.620. The molecular formula is C16H19N3O5. The third-order valence-corrected chi connectivity index (χ3v) is 3.32. The Morgan fingerprint density at radius 1 is 1.29 bits per heavy atom. The van der Waals surface area contributed by atoms with Crippen LogP contribution in [0.15, 0.2) is 40.8 Å². The van der Waals surface area contributed by atoms with Crippen LogP contribution in [0.5, 0.6) is 0 Å². The van der Waals surface area contributed by atoms with Crippen molar-refractivity contribution in [2.24, 2.45) is 0 Å². The molecule has 8 heteroatoms. The van der Waals surface area contributed by atoms with Crippen molar-refractivity contribution in [3.8, 4) is 0 Å². The van der Waals surface area contributed by atoms with Gasteiger partial charge in [0.25, 0.3) is 5.69 Å². The fourth-order valence-electron chi connectivity index (χ4n) is 2.08. The van der Waals surface area contributed by atoms with Crippen LogP contribution in [0.3, 0.4) is 0 Å². The molecule has 2 amide bonds. The van der Waals surface area contributed by atoms with E-state index < -0.39 is 4.92 Å². The number of carbonyl (C=O) groups excluding carboxylic acids is 1. The van der Waals surface area contributed by atoms with Crippen molar-refractivity contribution in [2.45, 2.75) is 13.5 Å². The summed E-state index contributed by atoms with van der Waals surface area (Å²) in [7, 11) is 1.56.